The van der Waals surface area contributed by atoms with Gasteiger partial charge in [-0.2, -0.15) is 0 Å². The van der Waals surface area contributed by atoms with Gasteiger partial charge in [-0.05, 0) is 24.3 Å². The van der Waals surface area contributed by atoms with Crippen LogP contribution in [-0.2, 0) is 11.2 Å². The van der Waals surface area contributed by atoms with E-state index >= 15 is 0 Å². The third kappa shape index (κ3) is 3.52. The molecule has 1 N–H and O–H groups in total. The minimum Gasteiger partial charge on any atom is -0.325 e. The van der Waals surface area contributed by atoms with Gasteiger partial charge in [0.1, 0.15) is 5.01 Å². The summed E-state index contributed by atoms with van der Waals surface area (Å²) in [6.07, 6.45) is -1.03. The lowest BCUT2D eigenvalue weighted by atomic mass is 10.1. The molecule has 0 aliphatic carbocycles. The standard InChI is InChI=1S/C21H11F5N2OS/c22-16-11(17(23)19(25)20(26)18(16)24)9-15(29)27-12-6-2-1-5-10(12)21-28-13-7-3-4-8-14(13)30-21/h1-8H,9H2,(H,27,29). The molecule has 9 heteroatoms. The molecule has 1 heterocycles. The molecule has 30 heavy (non-hydrogen) atoms. The first-order valence-electron chi connectivity index (χ1n) is 8.62. The van der Waals surface area contributed by atoms with Crippen LogP contribution in [0.25, 0.3) is 20.8 Å². The number of rotatable bonds is 4. The summed E-state index contributed by atoms with van der Waals surface area (Å²) in [7, 11) is 0. The Kier molecular flexibility index (Phi) is 5.21. The molecule has 0 radical (unpaired) electrons. The first-order valence-corrected chi connectivity index (χ1v) is 9.43. The molecular formula is C21H11F5N2OS. The van der Waals surface area contributed by atoms with Gasteiger partial charge in [0, 0.05) is 11.1 Å². The first-order chi connectivity index (χ1) is 14.4. The number of nitrogens with one attached hydrogen (secondary N) is 1. The maximum Gasteiger partial charge on any atom is 0.229 e. The molecule has 4 rings (SSSR count). The van der Waals surface area contributed by atoms with Crippen molar-refractivity contribution in [3.63, 3.8) is 0 Å². The van der Waals surface area contributed by atoms with Crippen molar-refractivity contribution in [2.45, 2.75) is 6.42 Å². The van der Waals surface area contributed by atoms with E-state index in [0.29, 0.717) is 16.3 Å². The monoisotopic (exact) mass is 434 g/mol. The van der Waals surface area contributed by atoms with Gasteiger partial charge in [0.15, 0.2) is 23.3 Å². The molecular weight excluding hydrogens is 423 g/mol. The Labute approximate surface area is 170 Å². The molecule has 0 bridgehead atoms. The zero-order valence-corrected chi connectivity index (χ0v) is 15.8. The minimum atomic E-state index is -2.27. The number of hydrogen-bond acceptors (Lipinski definition) is 3. The Bertz CT molecular complexity index is 1230. The maximum absolute atomic E-state index is 13.9. The fraction of sp³-hybridized carbons (Fsp3) is 0.0476. The Morgan fingerprint density at radius 2 is 1.43 bits per heavy atom. The lowest BCUT2D eigenvalue weighted by Gasteiger charge is -2.11. The largest absolute Gasteiger partial charge is 0.325 e. The second-order valence-electron chi connectivity index (χ2n) is 6.31. The van der Waals surface area contributed by atoms with E-state index < -0.39 is 47.0 Å². The molecule has 4 aromatic rings. The minimum absolute atomic E-state index is 0.297. The van der Waals surface area contributed by atoms with E-state index in [-0.39, 0.29) is 0 Å². The molecule has 0 aliphatic heterocycles. The second-order valence-corrected chi connectivity index (χ2v) is 7.34. The first kappa shape index (κ1) is 20.0. The number of benzene rings is 3. The number of halogens is 5. The number of fused-ring (bicyclic) bond motifs is 1. The predicted molar refractivity (Wildman–Crippen MR) is 104 cm³/mol. The molecule has 3 aromatic carbocycles. The number of anilines is 1. The number of hydrogen-bond donors (Lipinski definition) is 1. The van der Waals surface area contributed by atoms with Crippen molar-refractivity contribution in [2.24, 2.45) is 0 Å². The molecule has 0 saturated carbocycles. The smallest absolute Gasteiger partial charge is 0.229 e. The van der Waals surface area contributed by atoms with Crippen molar-refractivity contribution in [2.75, 3.05) is 5.32 Å². The average molecular weight is 434 g/mol. The molecule has 0 saturated heterocycles. The fourth-order valence-electron chi connectivity index (χ4n) is 2.93. The third-order valence-corrected chi connectivity index (χ3v) is 5.43. The van der Waals surface area contributed by atoms with Crippen LogP contribution in [0, 0.1) is 29.1 Å². The normalized spacial score (nSPS) is 11.1. The van der Waals surface area contributed by atoms with Gasteiger partial charge in [-0.25, -0.2) is 26.9 Å². The van der Waals surface area contributed by atoms with Crippen molar-refractivity contribution in [3.05, 3.63) is 83.2 Å². The van der Waals surface area contributed by atoms with Gasteiger partial charge in [-0.1, -0.05) is 24.3 Å². The lowest BCUT2D eigenvalue weighted by Crippen LogP contribution is -2.18. The number of thiazole rings is 1. The number of para-hydroxylation sites is 2. The van der Waals surface area contributed by atoms with Crippen LogP contribution in [0.15, 0.2) is 48.5 Å². The number of nitrogens with zero attached hydrogens (tertiary/aromatic N) is 1. The SMILES string of the molecule is O=C(Cc1c(F)c(F)c(F)c(F)c1F)Nc1ccccc1-c1nc2ccccc2s1. The van der Waals surface area contributed by atoms with Crippen LogP contribution in [-0.4, -0.2) is 10.9 Å². The fourth-order valence-corrected chi connectivity index (χ4v) is 3.93. The highest BCUT2D eigenvalue weighted by atomic mass is 32.1. The van der Waals surface area contributed by atoms with E-state index in [9.17, 15) is 26.7 Å². The molecule has 0 spiro atoms. The van der Waals surface area contributed by atoms with Gasteiger partial charge in [0.25, 0.3) is 0 Å². The summed E-state index contributed by atoms with van der Waals surface area (Å²) >= 11 is 1.38. The Morgan fingerprint density at radius 3 is 2.13 bits per heavy atom. The highest BCUT2D eigenvalue weighted by Crippen LogP contribution is 2.34. The third-order valence-electron chi connectivity index (χ3n) is 4.36. The van der Waals surface area contributed by atoms with Crippen molar-refractivity contribution >= 4 is 33.1 Å². The summed E-state index contributed by atoms with van der Waals surface area (Å²) in [5.41, 5.74) is 0.427. The Balaban J connectivity index is 1.64. The van der Waals surface area contributed by atoms with Gasteiger partial charge < -0.3 is 5.32 Å². The van der Waals surface area contributed by atoms with Gasteiger partial charge in [0.05, 0.1) is 22.3 Å². The van der Waals surface area contributed by atoms with Gasteiger partial charge in [-0.15, -0.1) is 11.3 Å². The van der Waals surface area contributed by atoms with Gasteiger partial charge in [-0.3, -0.25) is 4.79 Å². The van der Waals surface area contributed by atoms with E-state index in [4.69, 9.17) is 0 Å². The summed E-state index contributed by atoms with van der Waals surface area (Å²) in [6, 6.07) is 14.0. The topological polar surface area (TPSA) is 42.0 Å². The Morgan fingerprint density at radius 1 is 0.833 bits per heavy atom. The number of amides is 1. The predicted octanol–water partition coefficient (Wildman–Crippen LogP) is 5.84. The summed E-state index contributed by atoms with van der Waals surface area (Å²) in [6.45, 7) is 0. The highest BCUT2D eigenvalue weighted by molar-refractivity contribution is 7.21. The summed E-state index contributed by atoms with van der Waals surface area (Å²) in [5, 5.41) is 3.07. The second kappa shape index (κ2) is 7.83. The van der Waals surface area contributed by atoms with Crippen molar-refractivity contribution in [1.82, 2.24) is 4.98 Å². The van der Waals surface area contributed by atoms with E-state index in [1.807, 2.05) is 24.3 Å². The molecule has 1 aromatic heterocycles. The number of carbonyl (C=O) groups is 1. The average Bonchev–Trinajstić information content (AvgIpc) is 3.18. The number of carbonyl (C=O) groups excluding carboxylic acids is 1. The summed E-state index contributed by atoms with van der Waals surface area (Å²) < 4.78 is 68.5. The zero-order valence-electron chi connectivity index (χ0n) is 15.0. The Hall–Kier alpha value is -3.33. The van der Waals surface area contributed by atoms with Crippen LogP contribution in [0.1, 0.15) is 5.56 Å². The number of aromatic nitrogens is 1. The quantitative estimate of drug-likeness (QED) is 0.249. The summed E-state index contributed by atoms with van der Waals surface area (Å²) in [4.78, 5) is 16.9. The highest BCUT2D eigenvalue weighted by Gasteiger charge is 2.27. The zero-order chi connectivity index (χ0) is 21.4. The van der Waals surface area contributed by atoms with Crippen molar-refractivity contribution < 1.29 is 26.7 Å². The van der Waals surface area contributed by atoms with Gasteiger partial charge in [0.2, 0.25) is 11.7 Å². The van der Waals surface area contributed by atoms with Crippen LogP contribution < -0.4 is 5.32 Å². The van der Waals surface area contributed by atoms with Crippen LogP contribution in [0.3, 0.4) is 0 Å². The van der Waals surface area contributed by atoms with E-state index in [2.05, 4.69) is 10.3 Å². The van der Waals surface area contributed by atoms with Gasteiger partial charge >= 0.3 is 0 Å². The molecule has 0 atom stereocenters. The van der Waals surface area contributed by atoms with Crippen molar-refractivity contribution in [1.29, 1.82) is 0 Å². The lowest BCUT2D eigenvalue weighted by molar-refractivity contribution is -0.115. The van der Waals surface area contributed by atoms with Crippen molar-refractivity contribution in [3.8, 4) is 10.6 Å². The molecule has 0 aliphatic rings. The van der Waals surface area contributed by atoms with E-state index in [0.717, 1.165) is 10.2 Å². The molecule has 0 fully saturated rings. The van der Waals surface area contributed by atoms with E-state index in [1.54, 1.807) is 24.3 Å². The van der Waals surface area contributed by atoms with Crippen LogP contribution in [0.4, 0.5) is 27.6 Å². The van der Waals surface area contributed by atoms with Crippen LogP contribution in [0.2, 0.25) is 0 Å². The molecule has 152 valence electrons. The van der Waals surface area contributed by atoms with E-state index in [1.165, 1.54) is 11.3 Å². The molecule has 1 amide bonds. The van der Waals surface area contributed by atoms with Crippen LogP contribution >= 0.6 is 11.3 Å². The molecule has 0 unspecified atom stereocenters. The molecule has 3 nitrogen and oxygen atoms in total. The maximum atomic E-state index is 13.9. The van der Waals surface area contributed by atoms with Crippen LogP contribution in [0.5, 0.6) is 0 Å². The summed E-state index contributed by atoms with van der Waals surface area (Å²) in [5.74, 6) is -11.4.